The van der Waals surface area contributed by atoms with Gasteiger partial charge in [-0.3, -0.25) is 9.97 Å². The Balaban J connectivity index is 2.77. The lowest BCUT2D eigenvalue weighted by Crippen LogP contribution is -2.24. The van der Waals surface area contributed by atoms with Crippen LogP contribution in [0.4, 0.5) is 0 Å². The standard InChI is InChI=1S/C7H11N3O/c1-5(11)7(8)6-4-9-2-3-10-6/h2-5,7,11H,8H2,1H3/t5-,7-/m0/s1. The zero-order valence-corrected chi connectivity index (χ0v) is 6.31. The average molecular weight is 153 g/mol. The molecule has 0 aromatic carbocycles. The van der Waals surface area contributed by atoms with E-state index in [0.29, 0.717) is 5.69 Å². The molecule has 0 bridgehead atoms. The minimum atomic E-state index is -0.591. The van der Waals surface area contributed by atoms with Gasteiger partial charge in [-0.15, -0.1) is 0 Å². The van der Waals surface area contributed by atoms with Crippen LogP contribution in [0.5, 0.6) is 0 Å². The van der Waals surface area contributed by atoms with E-state index in [1.165, 1.54) is 0 Å². The van der Waals surface area contributed by atoms with Gasteiger partial charge in [0.15, 0.2) is 0 Å². The van der Waals surface area contributed by atoms with Crippen LogP contribution in [-0.2, 0) is 0 Å². The molecule has 1 heterocycles. The predicted octanol–water partition coefficient (Wildman–Crippen LogP) is -0.143. The van der Waals surface area contributed by atoms with Crippen molar-refractivity contribution in [3.05, 3.63) is 24.3 Å². The van der Waals surface area contributed by atoms with Crippen LogP contribution in [0.25, 0.3) is 0 Å². The molecule has 0 fully saturated rings. The maximum atomic E-state index is 9.08. The summed E-state index contributed by atoms with van der Waals surface area (Å²) in [5, 5.41) is 9.08. The SMILES string of the molecule is C[C@H](O)[C@H](N)c1cnccn1. The number of hydrogen-bond donors (Lipinski definition) is 2. The van der Waals surface area contributed by atoms with Crippen molar-refractivity contribution in [2.24, 2.45) is 5.73 Å². The van der Waals surface area contributed by atoms with E-state index < -0.39 is 12.1 Å². The van der Waals surface area contributed by atoms with Crippen molar-refractivity contribution in [2.45, 2.75) is 19.1 Å². The van der Waals surface area contributed by atoms with E-state index in [9.17, 15) is 0 Å². The highest BCUT2D eigenvalue weighted by Crippen LogP contribution is 2.08. The molecule has 4 nitrogen and oxygen atoms in total. The smallest absolute Gasteiger partial charge is 0.0780 e. The molecule has 1 rings (SSSR count). The van der Waals surface area contributed by atoms with Crippen LogP contribution in [0.1, 0.15) is 18.7 Å². The molecule has 11 heavy (non-hydrogen) atoms. The van der Waals surface area contributed by atoms with Gasteiger partial charge in [0.1, 0.15) is 0 Å². The van der Waals surface area contributed by atoms with E-state index in [1.54, 1.807) is 25.5 Å². The Bertz CT molecular complexity index is 212. The van der Waals surface area contributed by atoms with Crippen LogP contribution in [-0.4, -0.2) is 21.2 Å². The van der Waals surface area contributed by atoms with Crippen molar-refractivity contribution >= 4 is 0 Å². The summed E-state index contributed by atoms with van der Waals surface area (Å²) < 4.78 is 0. The third-order valence-electron chi connectivity index (χ3n) is 1.44. The van der Waals surface area contributed by atoms with Crippen molar-refractivity contribution in [3.63, 3.8) is 0 Å². The molecule has 1 aromatic rings. The second-order valence-corrected chi connectivity index (χ2v) is 2.40. The number of aliphatic hydroxyl groups excluding tert-OH is 1. The van der Waals surface area contributed by atoms with Crippen molar-refractivity contribution in [2.75, 3.05) is 0 Å². The quantitative estimate of drug-likeness (QED) is 0.620. The molecule has 3 N–H and O–H groups in total. The van der Waals surface area contributed by atoms with E-state index in [-0.39, 0.29) is 0 Å². The highest BCUT2D eigenvalue weighted by molar-refractivity contribution is 5.02. The number of nitrogens with two attached hydrogens (primary N) is 1. The molecule has 60 valence electrons. The summed E-state index contributed by atoms with van der Waals surface area (Å²) in [4.78, 5) is 7.79. The minimum absolute atomic E-state index is 0.441. The molecular weight excluding hydrogens is 142 g/mol. The highest BCUT2D eigenvalue weighted by atomic mass is 16.3. The van der Waals surface area contributed by atoms with Crippen molar-refractivity contribution in [1.82, 2.24) is 9.97 Å². The number of rotatable bonds is 2. The summed E-state index contributed by atoms with van der Waals surface area (Å²) in [6, 6.07) is -0.441. The molecule has 0 amide bonds. The first kappa shape index (κ1) is 8.10. The van der Waals surface area contributed by atoms with Gasteiger partial charge >= 0.3 is 0 Å². The zero-order chi connectivity index (χ0) is 8.27. The van der Waals surface area contributed by atoms with Gasteiger partial charge < -0.3 is 10.8 Å². The van der Waals surface area contributed by atoms with Crippen molar-refractivity contribution < 1.29 is 5.11 Å². The molecule has 0 saturated heterocycles. The summed E-state index contributed by atoms with van der Waals surface area (Å²) in [6.45, 7) is 1.62. The fourth-order valence-corrected chi connectivity index (χ4v) is 0.730. The molecule has 4 heteroatoms. The van der Waals surface area contributed by atoms with E-state index >= 15 is 0 Å². The lowest BCUT2D eigenvalue weighted by Gasteiger charge is -2.12. The number of aliphatic hydroxyl groups is 1. The number of nitrogens with zero attached hydrogens (tertiary/aromatic N) is 2. The van der Waals surface area contributed by atoms with Crippen LogP contribution < -0.4 is 5.73 Å². The topological polar surface area (TPSA) is 72.0 Å². The first-order valence-electron chi connectivity index (χ1n) is 3.41. The van der Waals surface area contributed by atoms with Crippen molar-refractivity contribution in [1.29, 1.82) is 0 Å². The van der Waals surface area contributed by atoms with Gasteiger partial charge in [0.2, 0.25) is 0 Å². The average Bonchev–Trinajstić information content (AvgIpc) is 2.05. The molecule has 0 radical (unpaired) electrons. The van der Waals surface area contributed by atoms with E-state index in [1.807, 2.05) is 0 Å². The maximum absolute atomic E-state index is 9.08. The molecule has 2 atom stereocenters. The first-order chi connectivity index (χ1) is 5.22. The minimum Gasteiger partial charge on any atom is -0.391 e. The van der Waals surface area contributed by atoms with Crippen LogP contribution in [0.15, 0.2) is 18.6 Å². The Labute approximate surface area is 65.1 Å². The largest absolute Gasteiger partial charge is 0.391 e. The van der Waals surface area contributed by atoms with Gasteiger partial charge in [-0.1, -0.05) is 0 Å². The lowest BCUT2D eigenvalue weighted by molar-refractivity contribution is 0.162. The van der Waals surface area contributed by atoms with Crippen molar-refractivity contribution in [3.8, 4) is 0 Å². The Morgan fingerprint density at radius 2 is 2.27 bits per heavy atom. The second kappa shape index (κ2) is 3.41. The number of aromatic nitrogens is 2. The molecule has 0 saturated carbocycles. The number of hydrogen-bond acceptors (Lipinski definition) is 4. The van der Waals surface area contributed by atoms with E-state index in [0.717, 1.165) is 0 Å². The fraction of sp³-hybridized carbons (Fsp3) is 0.429. The summed E-state index contributed by atoms with van der Waals surface area (Å²) in [6.07, 6.45) is 4.08. The summed E-state index contributed by atoms with van der Waals surface area (Å²) in [5.41, 5.74) is 6.20. The Morgan fingerprint density at radius 3 is 2.73 bits per heavy atom. The van der Waals surface area contributed by atoms with Gasteiger partial charge in [-0.25, -0.2) is 0 Å². The lowest BCUT2D eigenvalue weighted by atomic mass is 10.1. The third-order valence-corrected chi connectivity index (χ3v) is 1.44. The van der Waals surface area contributed by atoms with Gasteiger partial charge in [0.05, 0.1) is 24.0 Å². The zero-order valence-electron chi connectivity index (χ0n) is 6.31. The molecule has 0 unspecified atom stereocenters. The van der Waals surface area contributed by atoms with Crippen LogP contribution >= 0.6 is 0 Å². The molecule has 0 aliphatic heterocycles. The summed E-state index contributed by atoms with van der Waals surface area (Å²) in [7, 11) is 0. The normalized spacial score (nSPS) is 15.9. The Hall–Kier alpha value is -1.00. The van der Waals surface area contributed by atoms with Gasteiger partial charge in [0, 0.05) is 12.4 Å². The Morgan fingerprint density at radius 1 is 1.55 bits per heavy atom. The maximum Gasteiger partial charge on any atom is 0.0780 e. The molecular formula is C7H11N3O. The highest BCUT2D eigenvalue weighted by Gasteiger charge is 2.12. The van der Waals surface area contributed by atoms with Crippen LogP contribution in [0, 0.1) is 0 Å². The molecule has 0 spiro atoms. The predicted molar refractivity (Wildman–Crippen MR) is 40.6 cm³/mol. The fourth-order valence-electron chi connectivity index (χ4n) is 0.730. The molecule has 0 aliphatic carbocycles. The monoisotopic (exact) mass is 153 g/mol. The van der Waals surface area contributed by atoms with Gasteiger partial charge in [-0.05, 0) is 6.92 Å². The first-order valence-corrected chi connectivity index (χ1v) is 3.41. The third kappa shape index (κ3) is 1.96. The molecule has 0 aliphatic rings. The second-order valence-electron chi connectivity index (χ2n) is 2.40. The van der Waals surface area contributed by atoms with E-state index in [4.69, 9.17) is 10.8 Å². The molecule has 1 aromatic heterocycles. The van der Waals surface area contributed by atoms with Crippen LogP contribution in [0.3, 0.4) is 0 Å². The van der Waals surface area contributed by atoms with Crippen LogP contribution in [0.2, 0.25) is 0 Å². The summed E-state index contributed by atoms with van der Waals surface area (Å²) >= 11 is 0. The van der Waals surface area contributed by atoms with Gasteiger partial charge in [-0.2, -0.15) is 0 Å². The van der Waals surface area contributed by atoms with Gasteiger partial charge in [0.25, 0.3) is 0 Å². The Kier molecular flexibility index (Phi) is 2.51. The summed E-state index contributed by atoms with van der Waals surface area (Å²) in [5.74, 6) is 0. The van der Waals surface area contributed by atoms with E-state index in [2.05, 4.69) is 9.97 Å².